The van der Waals surface area contributed by atoms with Crippen LogP contribution in [0.5, 0.6) is 0 Å². The van der Waals surface area contributed by atoms with Crippen LogP contribution < -0.4 is 5.32 Å². The second kappa shape index (κ2) is 9.24. The second-order valence-corrected chi connectivity index (χ2v) is 6.88. The number of nitrogens with one attached hydrogen (secondary N) is 2. The van der Waals surface area contributed by atoms with Gasteiger partial charge in [-0.05, 0) is 36.6 Å². The Bertz CT molecular complexity index is 917. The van der Waals surface area contributed by atoms with Crippen LogP contribution in [0.3, 0.4) is 0 Å². The number of likely N-dealkylation sites (tertiary alicyclic amines) is 1. The van der Waals surface area contributed by atoms with Gasteiger partial charge in [0.1, 0.15) is 5.82 Å². The van der Waals surface area contributed by atoms with E-state index in [-0.39, 0.29) is 18.7 Å². The Hall–Kier alpha value is -3.33. The van der Waals surface area contributed by atoms with E-state index in [1.165, 1.54) is 0 Å². The average molecular weight is 393 g/mol. The maximum absolute atomic E-state index is 12.5. The first-order valence-corrected chi connectivity index (χ1v) is 9.63. The topological polar surface area (TPSA) is 109 Å². The van der Waals surface area contributed by atoms with E-state index in [9.17, 15) is 4.79 Å². The predicted octanol–water partition coefficient (Wildman–Crippen LogP) is 2.15. The zero-order chi connectivity index (χ0) is 19.9. The number of aromatic amines is 1. The number of nitrogens with zero attached hydrogens (tertiary/aromatic N) is 5. The molecular weight excluding hydrogens is 370 g/mol. The van der Waals surface area contributed by atoms with Gasteiger partial charge in [-0.25, -0.2) is 9.78 Å². The number of piperidine rings is 1. The molecule has 0 aromatic carbocycles. The van der Waals surface area contributed by atoms with Gasteiger partial charge in [-0.1, -0.05) is 6.07 Å². The average Bonchev–Trinajstić information content (AvgIpc) is 3.27. The molecule has 0 unspecified atom stereocenters. The van der Waals surface area contributed by atoms with Crippen molar-refractivity contribution in [3.63, 3.8) is 0 Å². The molecule has 0 radical (unpaired) electrons. The Labute approximate surface area is 168 Å². The minimum absolute atomic E-state index is 0.0262. The Kier molecular flexibility index (Phi) is 6.06. The highest BCUT2D eigenvalue weighted by Crippen LogP contribution is 2.16. The molecule has 1 aliphatic rings. The van der Waals surface area contributed by atoms with Crippen molar-refractivity contribution in [2.75, 3.05) is 13.1 Å². The van der Waals surface area contributed by atoms with Crippen molar-refractivity contribution >= 4 is 6.03 Å². The first kappa shape index (κ1) is 19.0. The van der Waals surface area contributed by atoms with Crippen molar-refractivity contribution in [2.24, 2.45) is 0 Å². The van der Waals surface area contributed by atoms with Crippen LogP contribution in [0.2, 0.25) is 0 Å². The van der Waals surface area contributed by atoms with Crippen LogP contribution in [0.4, 0.5) is 4.79 Å². The number of pyridine rings is 2. The molecule has 2 amide bonds. The summed E-state index contributed by atoms with van der Waals surface area (Å²) in [5.41, 5.74) is 1.91. The molecular formula is C20H23N7O2. The zero-order valence-electron chi connectivity index (χ0n) is 16.0. The lowest BCUT2D eigenvalue weighted by Crippen LogP contribution is -2.47. The third-order valence-corrected chi connectivity index (χ3v) is 4.75. The van der Waals surface area contributed by atoms with Gasteiger partial charge in [-0.3, -0.25) is 15.1 Å². The minimum Gasteiger partial charge on any atom is -0.372 e. The molecule has 9 heteroatoms. The molecule has 0 spiro atoms. The van der Waals surface area contributed by atoms with Gasteiger partial charge in [-0.15, -0.1) is 0 Å². The first-order chi connectivity index (χ1) is 14.3. The summed E-state index contributed by atoms with van der Waals surface area (Å²) in [6, 6.07) is 7.43. The number of rotatable bonds is 6. The molecule has 1 atom stereocenters. The highest BCUT2D eigenvalue weighted by atomic mass is 16.5. The van der Waals surface area contributed by atoms with Gasteiger partial charge in [0.05, 0.1) is 19.3 Å². The molecule has 0 bridgehead atoms. The van der Waals surface area contributed by atoms with E-state index < -0.39 is 0 Å². The molecule has 1 aliphatic heterocycles. The predicted molar refractivity (Wildman–Crippen MR) is 105 cm³/mol. The molecule has 9 nitrogen and oxygen atoms in total. The molecule has 3 aromatic rings. The maximum atomic E-state index is 12.5. The van der Waals surface area contributed by atoms with E-state index in [1.54, 1.807) is 29.7 Å². The summed E-state index contributed by atoms with van der Waals surface area (Å²) >= 11 is 0. The number of amides is 2. The number of urea groups is 1. The van der Waals surface area contributed by atoms with Gasteiger partial charge in [0.25, 0.3) is 0 Å². The SMILES string of the molecule is O=C(NCc1nc(-c2ccncc2)n[nH]1)N1CCC[C@H](OCc2cccnc2)C1. The number of H-pyrrole nitrogens is 1. The van der Waals surface area contributed by atoms with E-state index in [0.29, 0.717) is 24.8 Å². The van der Waals surface area contributed by atoms with Gasteiger partial charge < -0.3 is 15.0 Å². The van der Waals surface area contributed by atoms with Crippen LogP contribution in [-0.2, 0) is 17.9 Å². The molecule has 29 heavy (non-hydrogen) atoms. The summed E-state index contributed by atoms with van der Waals surface area (Å²) in [5.74, 6) is 1.19. The largest absolute Gasteiger partial charge is 0.372 e. The molecule has 1 saturated heterocycles. The summed E-state index contributed by atoms with van der Waals surface area (Å²) < 4.78 is 5.97. The molecule has 150 valence electrons. The number of carbonyl (C=O) groups is 1. The smallest absolute Gasteiger partial charge is 0.317 e. The van der Waals surface area contributed by atoms with Crippen molar-refractivity contribution in [2.45, 2.75) is 32.1 Å². The molecule has 0 saturated carbocycles. The van der Waals surface area contributed by atoms with Gasteiger partial charge in [0, 0.05) is 43.4 Å². The van der Waals surface area contributed by atoms with Gasteiger partial charge in [-0.2, -0.15) is 5.10 Å². The van der Waals surface area contributed by atoms with Crippen LogP contribution in [0, 0.1) is 0 Å². The van der Waals surface area contributed by atoms with Crippen molar-refractivity contribution in [1.82, 2.24) is 35.4 Å². The Balaban J connectivity index is 1.25. The minimum atomic E-state index is -0.124. The Morgan fingerprint density at radius 1 is 1.24 bits per heavy atom. The van der Waals surface area contributed by atoms with E-state index in [4.69, 9.17) is 4.74 Å². The van der Waals surface area contributed by atoms with Crippen molar-refractivity contribution < 1.29 is 9.53 Å². The molecule has 1 fully saturated rings. The highest BCUT2D eigenvalue weighted by Gasteiger charge is 2.24. The summed E-state index contributed by atoms with van der Waals surface area (Å²) in [5, 5.41) is 9.96. The fourth-order valence-corrected chi connectivity index (χ4v) is 3.23. The van der Waals surface area contributed by atoms with Gasteiger partial charge >= 0.3 is 6.03 Å². The fraction of sp³-hybridized carbons (Fsp3) is 0.350. The van der Waals surface area contributed by atoms with E-state index in [1.807, 2.05) is 24.3 Å². The summed E-state index contributed by atoms with van der Waals surface area (Å²) in [4.78, 5) is 26.8. The lowest BCUT2D eigenvalue weighted by Gasteiger charge is -2.32. The number of hydrogen-bond acceptors (Lipinski definition) is 6. The molecule has 4 rings (SSSR count). The molecule has 4 heterocycles. The summed E-state index contributed by atoms with van der Waals surface area (Å²) in [6.07, 6.45) is 8.81. The molecule has 3 aromatic heterocycles. The van der Waals surface area contributed by atoms with E-state index in [2.05, 4.69) is 30.5 Å². The highest BCUT2D eigenvalue weighted by molar-refractivity contribution is 5.74. The Morgan fingerprint density at radius 2 is 2.14 bits per heavy atom. The number of carbonyl (C=O) groups excluding carboxylic acids is 1. The van der Waals surface area contributed by atoms with Gasteiger partial charge in [0.2, 0.25) is 0 Å². The zero-order valence-corrected chi connectivity index (χ0v) is 16.0. The van der Waals surface area contributed by atoms with Crippen LogP contribution in [-0.4, -0.2) is 55.3 Å². The normalized spacial score (nSPS) is 16.6. The molecule has 0 aliphatic carbocycles. The third kappa shape index (κ3) is 5.14. The quantitative estimate of drug-likeness (QED) is 0.664. The third-order valence-electron chi connectivity index (χ3n) is 4.75. The van der Waals surface area contributed by atoms with E-state index in [0.717, 1.165) is 30.5 Å². The monoisotopic (exact) mass is 393 g/mol. The summed E-state index contributed by atoms with van der Waals surface area (Å²) in [6.45, 7) is 2.08. The Morgan fingerprint density at radius 3 is 2.97 bits per heavy atom. The van der Waals surface area contributed by atoms with Crippen LogP contribution >= 0.6 is 0 Å². The number of aromatic nitrogens is 5. The van der Waals surface area contributed by atoms with Crippen LogP contribution in [0.1, 0.15) is 24.2 Å². The van der Waals surface area contributed by atoms with Crippen molar-refractivity contribution in [3.05, 3.63) is 60.4 Å². The lowest BCUT2D eigenvalue weighted by molar-refractivity contribution is -0.000472. The van der Waals surface area contributed by atoms with Gasteiger partial charge in [0.15, 0.2) is 5.82 Å². The van der Waals surface area contributed by atoms with Crippen molar-refractivity contribution in [3.8, 4) is 11.4 Å². The van der Waals surface area contributed by atoms with Crippen LogP contribution in [0.15, 0.2) is 49.1 Å². The van der Waals surface area contributed by atoms with Crippen molar-refractivity contribution in [1.29, 1.82) is 0 Å². The maximum Gasteiger partial charge on any atom is 0.317 e. The number of hydrogen-bond donors (Lipinski definition) is 2. The second-order valence-electron chi connectivity index (χ2n) is 6.88. The van der Waals surface area contributed by atoms with E-state index >= 15 is 0 Å². The lowest BCUT2D eigenvalue weighted by atomic mass is 10.1. The summed E-state index contributed by atoms with van der Waals surface area (Å²) in [7, 11) is 0. The van der Waals surface area contributed by atoms with Crippen LogP contribution in [0.25, 0.3) is 11.4 Å². The fourth-order valence-electron chi connectivity index (χ4n) is 3.23. The first-order valence-electron chi connectivity index (χ1n) is 9.63. The molecule has 2 N–H and O–H groups in total. The standard InChI is InChI=1S/C20H23N7O2/c28-20(23-12-18-24-19(26-25-18)16-5-8-21-9-6-16)27-10-2-4-17(13-27)29-14-15-3-1-7-22-11-15/h1,3,5-9,11,17H,2,4,10,12-14H2,(H,23,28)(H,24,25,26)/t17-/m0/s1. The number of ether oxygens (including phenoxy) is 1.